The van der Waals surface area contributed by atoms with E-state index in [1.54, 1.807) is 0 Å². The molecule has 2 nitrogen and oxygen atoms in total. The lowest BCUT2D eigenvalue weighted by Gasteiger charge is -2.17. The molecule has 1 aliphatic rings. The van der Waals surface area contributed by atoms with Crippen molar-refractivity contribution in [1.82, 2.24) is 4.90 Å². The Morgan fingerprint density at radius 1 is 1.08 bits per heavy atom. The maximum Gasteiger partial charge on any atom is 0.127 e. The summed E-state index contributed by atoms with van der Waals surface area (Å²) in [5, 5.41) is 0. The Labute approximate surface area is 153 Å². The molecule has 1 heterocycles. The highest BCUT2D eigenvalue weighted by Crippen LogP contribution is 2.38. The third kappa shape index (κ3) is 3.73. The number of benzene rings is 2. The van der Waals surface area contributed by atoms with Gasteiger partial charge in [-0.3, -0.25) is 0 Å². The van der Waals surface area contributed by atoms with E-state index in [0.29, 0.717) is 6.61 Å². The minimum Gasteiger partial charge on any atom is -0.488 e. The first-order valence-corrected chi connectivity index (χ1v) is 9.45. The predicted octanol–water partition coefficient (Wildman–Crippen LogP) is 5.51. The van der Waals surface area contributed by atoms with Gasteiger partial charge in [-0.15, -0.1) is 0 Å². The van der Waals surface area contributed by atoms with E-state index in [-0.39, 0.29) is 0 Å². The minimum atomic E-state index is 0.623. The first-order valence-electron chi connectivity index (χ1n) is 8.66. The smallest absolute Gasteiger partial charge is 0.127 e. The summed E-state index contributed by atoms with van der Waals surface area (Å²) in [6.45, 7) is 8.35. The Morgan fingerprint density at radius 2 is 1.88 bits per heavy atom. The van der Waals surface area contributed by atoms with Gasteiger partial charge in [-0.1, -0.05) is 60.1 Å². The molecule has 0 spiro atoms. The Bertz CT molecular complexity index is 734. The lowest BCUT2D eigenvalue weighted by Crippen LogP contribution is -2.23. The van der Waals surface area contributed by atoms with Gasteiger partial charge in [0.05, 0.1) is 0 Å². The molecule has 0 fully saturated rings. The van der Waals surface area contributed by atoms with Gasteiger partial charge in [0.1, 0.15) is 12.4 Å². The normalized spacial score (nSPS) is 14.9. The van der Waals surface area contributed by atoms with Crippen molar-refractivity contribution in [2.45, 2.75) is 26.9 Å². The molecule has 2 aromatic carbocycles. The van der Waals surface area contributed by atoms with Gasteiger partial charge in [0, 0.05) is 16.6 Å². The zero-order valence-corrected chi connectivity index (χ0v) is 16.0. The number of rotatable bonds is 5. The molecular formula is C21H24BrNO. The van der Waals surface area contributed by atoms with Crippen molar-refractivity contribution < 1.29 is 4.74 Å². The van der Waals surface area contributed by atoms with Gasteiger partial charge in [0.25, 0.3) is 0 Å². The Morgan fingerprint density at radius 3 is 2.67 bits per heavy atom. The van der Waals surface area contributed by atoms with Crippen LogP contribution in [0.4, 0.5) is 0 Å². The highest BCUT2D eigenvalue weighted by molar-refractivity contribution is 9.10. The van der Waals surface area contributed by atoms with E-state index in [9.17, 15) is 0 Å². The summed E-state index contributed by atoms with van der Waals surface area (Å²) in [7, 11) is 0. The van der Waals surface area contributed by atoms with Gasteiger partial charge < -0.3 is 9.64 Å². The second kappa shape index (κ2) is 8.00. The van der Waals surface area contributed by atoms with E-state index in [4.69, 9.17) is 4.74 Å². The van der Waals surface area contributed by atoms with Gasteiger partial charge >= 0.3 is 0 Å². The van der Waals surface area contributed by atoms with Gasteiger partial charge in [0.15, 0.2) is 0 Å². The van der Waals surface area contributed by atoms with E-state index in [1.165, 1.54) is 22.3 Å². The molecule has 2 aromatic rings. The standard InChI is InChI=1S/C21H24BrNO/c1-3-23(4-2)13-7-10-19-18-9-6-5-8-16(18)15-24-21-12-11-17(22)14-20(19)21/h5-6,8-12,14H,3-4,7,13,15H2,1-2H3/b19-10-. The predicted molar refractivity (Wildman–Crippen MR) is 104 cm³/mol. The molecule has 3 heteroatoms. The first-order chi connectivity index (χ1) is 11.7. The number of halogens is 1. The van der Waals surface area contributed by atoms with Crippen LogP contribution >= 0.6 is 15.9 Å². The molecule has 0 amide bonds. The molecule has 1 aliphatic heterocycles. The highest BCUT2D eigenvalue weighted by atomic mass is 79.9. The molecule has 0 atom stereocenters. The highest BCUT2D eigenvalue weighted by Gasteiger charge is 2.19. The van der Waals surface area contributed by atoms with Crippen molar-refractivity contribution in [1.29, 1.82) is 0 Å². The maximum atomic E-state index is 6.06. The number of hydrogen-bond donors (Lipinski definition) is 0. The fourth-order valence-electron chi connectivity index (χ4n) is 3.20. The minimum absolute atomic E-state index is 0.623. The molecule has 24 heavy (non-hydrogen) atoms. The van der Waals surface area contributed by atoms with Gasteiger partial charge in [-0.2, -0.15) is 0 Å². The lowest BCUT2D eigenvalue weighted by molar-refractivity contribution is 0.307. The molecule has 3 rings (SSSR count). The van der Waals surface area contributed by atoms with Crippen molar-refractivity contribution in [3.63, 3.8) is 0 Å². The van der Waals surface area contributed by atoms with Crippen LogP contribution in [0.25, 0.3) is 5.57 Å². The molecule has 0 radical (unpaired) electrons. The van der Waals surface area contributed by atoms with Gasteiger partial charge in [0.2, 0.25) is 0 Å². The zero-order chi connectivity index (χ0) is 16.9. The summed E-state index contributed by atoms with van der Waals surface area (Å²) in [6, 6.07) is 14.8. The average Bonchev–Trinajstić information content (AvgIpc) is 2.76. The van der Waals surface area contributed by atoms with Gasteiger partial charge in [-0.25, -0.2) is 0 Å². The molecule has 0 aromatic heterocycles. The molecule has 0 N–H and O–H groups in total. The maximum absolute atomic E-state index is 6.06. The molecule has 0 unspecified atom stereocenters. The van der Waals surface area contributed by atoms with Crippen LogP contribution in [0.15, 0.2) is 53.0 Å². The summed E-state index contributed by atoms with van der Waals surface area (Å²) >= 11 is 3.61. The summed E-state index contributed by atoms with van der Waals surface area (Å²) in [4.78, 5) is 2.46. The summed E-state index contributed by atoms with van der Waals surface area (Å²) in [6.07, 6.45) is 3.41. The molecule has 126 valence electrons. The fraction of sp³-hybridized carbons (Fsp3) is 0.333. The summed E-state index contributed by atoms with van der Waals surface area (Å²) < 4.78 is 7.14. The van der Waals surface area contributed by atoms with Crippen LogP contribution in [0.1, 0.15) is 37.0 Å². The van der Waals surface area contributed by atoms with E-state index < -0.39 is 0 Å². The monoisotopic (exact) mass is 385 g/mol. The molecule has 0 bridgehead atoms. The molecular weight excluding hydrogens is 362 g/mol. The largest absolute Gasteiger partial charge is 0.488 e. The second-order valence-corrected chi connectivity index (χ2v) is 6.94. The number of hydrogen-bond acceptors (Lipinski definition) is 2. The Balaban J connectivity index is 2.00. The van der Waals surface area contributed by atoms with Crippen molar-refractivity contribution >= 4 is 21.5 Å². The zero-order valence-electron chi connectivity index (χ0n) is 14.4. The van der Waals surface area contributed by atoms with Crippen molar-refractivity contribution in [2.24, 2.45) is 0 Å². The van der Waals surface area contributed by atoms with Crippen molar-refractivity contribution in [2.75, 3.05) is 19.6 Å². The van der Waals surface area contributed by atoms with E-state index in [1.807, 2.05) is 6.07 Å². The Hall–Kier alpha value is -1.58. The van der Waals surface area contributed by atoms with Gasteiger partial charge in [-0.05, 0) is 54.4 Å². The van der Waals surface area contributed by atoms with Crippen LogP contribution in [-0.2, 0) is 6.61 Å². The number of nitrogens with zero attached hydrogens (tertiary/aromatic N) is 1. The number of ether oxygens (including phenoxy) is 1. The third-order valence-electron chi connectivity index (χ3n) is 4.61. The van der Waals surface area contributed by atoms with Crippen LogP contribution in [0.3, 0.4) is 0 Å². The van der Waals surface area contributed by atoms with E-state index in [2.05, 4.69) is 77.2 Å². The molecule has 0 saturated heterocycles. The summed E-state index contributed by atoms with van der Waals surface area (Å²) in [5.41, 5.74) is 4.99. The van der Waals surface area contributed by atoms with Crippen LogP contribution in [0.5, 0.6) is 5.75 Å². The van der Waals surface area contributed by atoms with E-state index in [0.717, 1.165) is 36.3 Å². The topological polar surface area (TPSA) is 12.5 Å². The number of fused-ring (bicyclic) bond motifs is 2. The second-order valence-electron chi connectivity index (χ2n) is 6.02. The van der Waals surface area contributed by atoms with Crippen LogP contribution in [-0.4, -0.2) is 24.5 Å². The van der Waals surface area contributed by atoms with Crippen LogP contribution < -0.4 is 4.74 Å². The third-order valence-corrected chi connectivity index (χ3v) is 5.10. The fourth-order valence-corrected chi connectivity index (χ4v) is 3.56. The van der Waals surface area contributed by atoms with Crippen LogP contribution in [0, 0.1) is 0 Å². The Kier molecular flexibility index (Phi) is 5.75. The lowest BCUT2D eigenvalue weighted by atomic mass is 9.93. The summed E-state index contributed by atoms with van der Waals surface area (Å²) in [5.74, 6) is 0.962. The van der Waals surface area contributed by atoms with Crippen molar-refractivity contribution in [3.05, 3.63) is 69.7 Å². The molecule has 0 saturated carbocycles. The van der Waals surface area contributed by atoms with Crippen molar-refractivity contribution in [3.8, 4) is 5.75 Å². The first kappa shape index (κ1) is 17.2. The quantitative estimate of drug-likeness (QED) is 0.672. The van der Waals surface area contributed by atoms with Crippen LogP contribution in [0.2, 0.25) is 0 Å². The average molecular weight is 386 g/mol. The van der Waals surface area contributed by atoms with E-state index >= 15 is 0 Å². The molecule has 0 aliphatic carbocycles. The SMILES string of the molecule is CCN(CC)CC/C=C1/c2ccccc2COc2ccc(Br)cc21.